The van der Waals surface area contributed by atoms with Gasteiger partial charge in [0.15, 0.2) is 0 Å². The summed E-state index contributed by atoms with van der Waals surface area (Å²) in [5, 5.41) is 0.416. The van der Waals surface area contributed by atoms with E-state index in [2.05, 4.69) is 71.0 Å². The Balaban J connectivity index is 1.12. The Bertz CT molecular complexity index is 2620. The third kappa shape index (κ3) is 6.28. The molecule has 0 radical (unpaired) electrons. The van der Waals surface area contributed by atoms with Gasteiger partial charge in [-0.3, -0.25) is 23.7 Å². The van der Waals surface area contributed by atoms with Crippen LogP contribution in [0.25, 0.3) is 27.2 Å². The van der Waals surface area contributed by atoms with E-state index >= 15 is 0 Å². The fourth-order valence-corrected chi connectivity index (χ4v) is 7.21. The summed E-state index contributed by atoms with van der Waals surface area (Å²) in [5.41, 5.74) is 1.58. The van der Waals surface area contributed by atoms with Crippen LogP contribution in [0.4, 0.5) is 0 Å². The summed E-state index contributed by atoms with van der Waals surface area (Å²) in [5.74, 6) is 2.65. The molecular formula is C45H42N2O6. The monoisotopic (exact) mass is 706 g/mol. The lowest BCUT2D eigenvalue weighted by molar-refractivity contribution is 0.469. The summed E-state index contributed by atoms with van der Waals surface area (Å²) in [6.45, 7) is 11.1. The molecule has 2 heterocycles. The normalized spacial score (nSPS) is 13.0. The van der Waals surface area contributed by atoms with Crippen LogP contribution >= 0.6 is 0 Å². The second-order valence-electron chi connectivity index (χ2n) is 14.7. The van der Waals surface area contributed by atoms with Crippen molar-refractivity contribution in [2.45, 2.75) is 64.7 Å². The summed E-state index contributed by atoms with van der Waals surface area (Å²) >= 11 is 0. The molecule has 0 bridgehead atoms. The molecule has 0 aliphatic carbocycles. The average Bonchev–Trinajstić information content (AvgIpc) is 3.53. The smallest absolute Gasteiger partial charge is 0.266 e. The van der Waals surface area contributed by atoms with Gasteiger partial charge in [0.1, 0.15) is 23.0 Å². The first-order valence-corrected chi connectivity index (χ1v) is 18.0. The Labute approximate surface area is 307 Å². The number of aromatic nitrogens is 2. The van der Waals surface area contributed by atoms with Crippen molar-refractivity contribution in [3.63, 3.8) is 0 Å². The molecular weight excluding hydrogens is 665 g/mol. The van der Waals surface area contributed by atoms with E-state index in [9.17, 15) is 19.2 Å². The summed E-state index contributed by atoms with van der Waals surface area (Å²) in [4.78, 5) is 52.0. The SMILES string of the molecule is CCCC(C)(c1ccc(Oc2cccc(-n3c(=O)c4cc5c(=O)n(C)c(=O)c5cc4c3=O)c2)cc1)c1ccc(Oc2cccc(C(C)(C)CC)c2)cc1. The van der Waals surface area contributed by atoms with Gasteiger partial charge >= 0.3 is 0 Å². The number of nitrogens with zero attached hydrogens (tertiary/aromatic N) is 2. The number of hydrogen-bond acceptors (Lipinski definition) is 6. The van der Waals surface area contributed by atoms with Crippen molar-refractivity contribution in [1.82, 2.24) is 9.13 Å². The van der Waals surface area contributed by atoms with Gasteiger partial charge in [-0.1, -0.05) is 83.5 Å². The lowest BCUT2D eigenvalue weighted by atomic mass is 9.73. The molecule has 1 unspecified atom stereocenters. The Morgan fingerprint density at radius 1 is 0.528 bits per heavy atom. The highest BCUT2D eigenvalue weighted by atomic mass is 16.5. The molecule has 0 fully saturated rings. The Kier molecular flexibility index (Phi) is 9.02. The van der Waals surface area contributed by atoms with Gasteiger partial charge in [0, 0.05) is 18.5 Å². The van der Waals surface area contributed by atoms with E-state index in [1.165, 1.54) is 30.3 Å². The zero-order valence-electron chi connectivity index (χ0n) is 30.9. The van der Waals surface area contributed by atoms with Gasteiger partial charge in [0.05, 0.1) is 27.2 Å². The van der Waals surface area contributed by atoms with Crippen molar-refractivity contribution in [1.29, 1.82) is 0 Å². The van der Waals surface area contributed by atoms with Crippen LogP contribution in [0.1, 0.15) is 70.6 Å². The van der Waals surface area contributed by atoms with E-state index in [1.807, 2.05) is 36.4 Å². The number of fused-ring (bicyclic) bond motifs is 2. The third-order valence-electron chi connectivity index (χ3n) is 10.9. The van der Waals surface area contributed by atoms with Crippen molar-refractivity contribution in [3.8, 4) is 28.7 Å². The standard InChI is InChI=1S/C45H42N2O6/c1-7-23-45(5,28-15-19-32(20-16-28)52-34-13-9-11-30(24-34)44(3,4)8-2)29-17-21-33(22-18-29)53-35-14-10-12-31(25-35)47-42(50)38-26-36-37(27-39(38)43(47)51)41(49)46(6)40(36)48/h9-22,24-27H,7-8,23H2,1-6H3. The molecule has 7 rings (SSSR count). The van der Waals surface area contributed by atoms with Gasteiger partial charge in [-0.15, -0.1) is 0 Å². The molecule has 0 amide bonds. The van der Waals surface area contributed by atoms with Gasteiger partial charge in [-0.25, -0.2) is 4.57 Å². The predicted molar refractivity (Wildman–Crippen MR) is 211 cm³/mol. The topological polar surface area (TPSA) is 96.6 Å². The van der Waals surface area contributed by atoms with Crippen LogP contribution in [0.5, 0.6) is 23.0 Å². The van der Waals surface area contributed by atoms with E-state index in [0.717, 1.165) is 45.5 Å². The zero-order valence-corrected chi connectivity index (χ0v) is 30.9. The van der Waals surface area contributed by atoms with Crippen LogP contribution in [0.3, 0.4) is 0 Å². The lowest BCUT2D eigenvalue weighted by Crippen LogP contribution is -2.23. The summed E-state index contributed by atoms with van der Waals surface area (Å²) in [6, 6.07) is 34.1. The molecule has 1 atom stereocenters. The molecule has 0 N–H and O–H groups in total. The number of ether oxygens (including phenoxy) is 2. The molecule has 0 aliphatic heterocycles. The molecule has 0 aliphatic rings. The van der Waals surface area contributed by atoms with E-state index < -0.39 is 22.2 Å². The molecule has 2 aromatic heterocycles. The first kappa shape index (κ1) is 35.4. The van der Waals surface area contributed by atoms with Crippen molar-refractivity contribution in [3.05, 3.63) is 167 Å². The van der Waals surface area contributed by atoms with E-state index in [4.69, 9.17) is 9.47 Å². The number of benzene rings is 5. The average molecular weight is 707 g/mol. The molecule has 0 saturated carbocycles. The van der Waals surface area contributed by atoms with Crippen LogP contribution in [0, 0.1) is 0 Å². The fraction of sp³-hybridized carbons (Fsp3) is 0.244. The molecule has 0 saturated heterocycles. The van der Waals surface area contributed by atoms with Crippen LogP contribution in [-0.2, 0) is 17.9 Å². The maximum absolute atomic E-state index is 13.5. The number of rotatable bonds is 11. The van der Waals surface area contributed by atoms with E-state index in [-0.39, 0.29) is 32.4 Å². The molecule has 8 nitrogen and oxygen atoms in total. The van der Waals surface area contributed by atoms with Crippen LogP contribution in [0.2, 0.25) is 0 Å². The number of hydrogen-bond donors (Lipinski definition) is 0. The Morgan fingerprint density at radius 3 is 1.49 bits per heavy atom. The van der Waals surface area contributed by atoms with Crippen LogP contribution < -0.4 is 31.7 Å². The van der Waals surface area contributed by atoms with Gasteiger partial charge in [0.2, 0.25) is 0 Å². The maximum Gasteiger partial charge on any atom is 0.266 e. The van der Waals surface area contributed by atoms with Gasteiger partial charge in [-0.2, -0.15) is 0 Å². The quantitative estimate of drug-likeness (QED) is 0.133. The minimum absolute atomic E-state index is 0.0739. The largest absolute Gasteiger partial charge is 0.457 e. The summed E-state index contributed by atoms with van der Waals surface area (Å²) < 4.78 is 14.5. The third-order valence-corrected chi connectivity index (χ3v) is 10.9. The molecule has 5 aromatic carbocycles. The Hall–Kier alpha value is -6.02. The Morgan fingerprint density at radius 2 is 1.00 bits per heavy atom. The molecule has 53 heavy (non-hydrogen) atoms. The second-order valence-corrected chi connectivity index (χ2v) is 14.7. The minimum Gasteiger partial charge on any atom is -0.457 e. The second kappa shape index (κ2) is 13.5. The van der Waals surface area contributed by atoms with Crippen LogP contribution in [0.15, 0.2) is 128 Å². The minimum atomic E-state index is -0.566. The highest BCUT2D eigenvalue weighted by Gasteiger charge is 2.28. The summed E-state index contributed by atoms with van der Waals surface area (Å²) in [7, 11) is 1.37. The predicted octanol–water partition coefficient (Wildman–Crippen LogP) is 8.82. The lowest BCUT2D eigenvalue weighted by Gasteiger charge is -2.31. The highest BCUT2D eigenvalue weighted by Crippen LogP contribution is 2.39. The first-order chi connectivity index (χ1) is 25.3. The zero-order chi connectivity index (χ0) is 37.7. The van der Waals surface area contributed by atoms with Crippen molar-refractivity contribution < 1.29 is 9.47 Å². The van der Waals surface area contributed by atoms with Gasteiger partial charge < -0.3 is 9.47 Å². The van der Waals surface area contributed by atoms with Crippen molar-refractivity contribution >= 4 is 21.5 Å². The maximum atomic E-state index is 13.5. The van der Waals surface area contributed by atoms with Crippen LogP contribution in [-0.4, -0.2) is 9.13 Å². The molecule has 7 aromatic rings. The van der Waals surface area contributed by atoms with E-state index in [1.54, 1.807) is 24.3 Å². The summed E-state index contributed by atoms with van der Waals surface area (Å²) in [6.07, 6.45) is 2.97. The highest BCUT2D eigenvalue weighted by molar-refractivity contribution is 5.98. The first-order valence-electron chi connectivity index (χ1n) is 18.0. The molecule has 0 spiro atoms. The van der Waals surface area contributed by atoms with E-state index in [0.29, 0.717) is 17.2 Å². The van der Waals surface area contributed by atoms with Gasteiger partial charge in [0.25, 0.3) is 22.2 Å². The fourth-order valence-electron chi connectivity index (χ4n) is 7.21. The molecule has 268 valence electrons. The van der Waals surface area contributed by atoms with Gasteiger partial charge in [-0.05, 0) is 95.6 Å². The molecule has 8 heteroatoms. The van der Waals surface area contributed by atoms with Crippen molar-refractivity contribution in [2.24, 2.45) is 7.05 Å². The van der Waals surface area contributed by atoms with Crippen molar-refractivity contribution in [2.75, 3.05) is 0 Å².